The van der Waals surface area contributed by atoms with Crippen molar-refractivity contribution in [1.82, 2.24) is 42.1 Å². The summed E-state index contributed by atoms with van der Waals surface area (Å²) in [6.07, 6.45) is -1.46. The minimum atomic E-state index is -1.78. The largest absolute Gasteiger partial charge is 0.508 e. The van der Waals surface area contributed by atoms with Crippen LogP contribution in [-0.4, -0.2) is 154 Å². The molecule has 7 atom stereocenters. The van der Waals surface area contributed by atoms with Crippen LogP contribution in [0.25, 0.3) is 0 Å². The predicted molar refractivity (Wildman–Crippen MR) is 265 cm³/mol. The van der Waals surface area contributed by atoms with Crippen LogP contribution in [0.5, 0.6) is 5.75 Å². The van der Waals surface area contributed by atoms with Crippen molar-refractivity contribution in [3.05, 3.63) is 65.7 Å². The van der Waals surface area contributed by atoms with E-state index >= 15 is 0 Å². The number of primary amides is 3. The fourth-order valence-corrected chi connectivity index (χ4v) is 8.80. The summed E-state index contributed by atoms with van der Waals surface area (Å²) >= 11 is 1.03. The molecule has 2 aromatic carbocycles. The molecular formula is C46H64N14O12S. The summed E-state index contributed by atoms with van der Waals surface area (Å²) in [5.74, 6) is -10.0. The van der Waals surface area contributed by atoms with Crippen LogP contribution in [0.15, 0.2) is 59.6 Å². The molecule has 2 heterocycles. The fourth-order valence-electron chi connectivity index (χ4n) is 7.84. The minimum Gasteiger partial charge on any atom is -0.508 e. The molecule has 11 amide bonds. The smallest absolute Gasteiger partial charge is 0.246 e. The maximum atomic E-state index is 14.6. The number of guanidine groups is 1. The minimum absolute atomic E-state index is 0.00687. The number of hydrogen-bond donors (Lipinski definition) is 13. The molecule has 0 bridgehead atoms. The summed E-state index contributed by atoms with van der Waals surface area (Å²) in [5, 5.41) is 27.7. The Morgan fingerprint density at radius 2 is 1.34 bits per heavy atom. The van der Waals surface area contributed by atoms with Crippen molar-refractivity contribution in [2.24, 2.45) is 33.7 Å². The number of phenols is 1. The number of phenolic OH excluding ortho intramolecular Hbond substituents is 1. The van der Waals surface area contributed by atoms with Gasteiger partial charge in [-0.1, -0.05) is 42.5 Å². The lowest BCUT2D eigenvalue weighted by Crippen LogP contribution is -2.61. The number of carbonyl (C=O) groups is 11. The van der Waals surface area contributed by atoms with Crippen molar-refractivity contribution >= 4 is 82.7 Å². The number of thioether (sulfide) groups is 1. The van der Waals surface area contributed by atoms with Gasteiger partial charge < -0.3 is 75.9 Å². The van der Waals surface area contributed by atoms with Gasteiger partial charge in [-0.25, -0.2) is 0 Å². The number of benzene rings is 2. The highest BCUT2D eigenvalue weighted by molar-refractivity contribution is 7.99. The highest BCUT2D eigenvalue weighted by Gasteiger charge is 2.40. The summed E-state index contributed by atoms with van der Waals surface area (Å²) in [4.78, 5) is 153. The van der Waals surface area contributed by atoms with Crippen LogP contribution < -0.4 is 65.9 Å². The van der Waals surface area contributed by atoms with Gasteiger partial charge in [-0.3, -0.25) is 57.7 Å². The lowest BCUT2D eigenvalue weighted by atomic mass is 10.0. The lowest BCUT2D eigenvalue weighted by molar-refractivity contribution is -0.142. The summed E-state index contributed by atoms with van der Waals surface area (Å²) < 4.78 is 0. The summed E-state index contributed by atoms with van der Waals surface area (Å²) in [7, 11) is 0. The van der Waals surface area contributed by atoms with Crippen LogP contribution in [0.4, 0.5) is 0 Å². The van der Waals surface area contributed by atoms with Gasteiger partial charge in [0.05, 0.1) is 13.0 Å². The normalized spacial score (nSPS) is 21.7. The number of amides is 11. The van der Waals surface area contributed by atoms with E-state index in [-0.39, 0.29) is 74.8 Å². The second-order valence-corrected chi connectivity index (χ2v) is 18.5. The number of nitrogens with one attached hydrogen (secondary N) is 7. The molecule has 27 heteroatoms. The molecule has 0 spiro atoms. The highest BCUT2D eigenvalue weighted by atomic mass is 32.2. The molecule has 396 valence electrons. The maximum Gasteiger partial charge on any atom is 0.246 e. The standard InChI is InChI=1S/C46H64N14O12S/c47-35(62)15-14-29-40(67)58-32(22-36(48)63)43(70)59-33(45(72)60-18-5-9-34(60)44(71)56-28(8-4-17-52-46(50)51)39(66)53-23-37(49)64)24-73-19-16-38(65)54-30(21-26-10-12-27(61)13-11-26)41(68)57-31(42(69)55-29)20-25-6-2-1-3-7-25/h1-3,6-7,10-13,28-34,61H,4-5,8-9,14-24H2,(H2,47,62)(H2,48,63)(H2,49,64)(H,53,66)(H,54,65)(H,55,69)(H,56,71)(H,57,68)(H,58,67)(H,59,70)(H4,50,51,52)/t28-,29+,30+,31+,32+,33+,34+/m1/s1. The van der Waals surface area contributed by atoms with Gasteiger partial charge in [0.1, 0.15) is 48.0 Å². The third-order valence-corrected chi connectivity index (χ3v) is 12.6. The van der Waals surface area contributed by atoms with Crippen molar-refractivity contribution in [2.75, 3.05) is 31.1 Å². The Labute approximate surface area is 424 Å². The van der Waals surface area contributed by atoms with Gasteiger partial charge in [0.2, 0.25) is 65.0 Å². The average Bonchev–Trinajstić information content (AvgIpc) is 3.84. The quantitative estimate of drug-likeness (QED) is 0.0356. The van der Waals surface area contributed by atoms with E-state index in [1.807, 2.05) is 0 Å². The Kier molecular flexibility index (Phi) is 22.7. The fraction of sp³-hybridized carbons (Fsp3) is 0.478. The zero-order chi connectivity index (χ0) is 53.6. The van der Waals surface area contributed by atoms with Crippen molar-refractivity contribution < 1.29 is 57.8 Å². The number of rotatable bonds is 19. The number of hydrogen-bond acceptors (Lipinski definition) is 14. The molecule has 0 radical (unpaired) electrons. The van der Waals surface area contributed by atoms with Gasteiger partial charge in [0.15, 0.2) is 5.96 Å². The number of nitrogens with zero attached hydrogens (tertiary/aromatic N) is 2. The number of aliphatic imine (C=N–C) groups is 1. The van der Waals surface area contributed by atoms with Gasteiger partial charge in [-0.15, -0.1) is 0 Å². The molecule has 26 nitrogen and oxygen atoms in total. The molecule has 2 aliphatic rings. The molecule has 0 unspecified atom stereocenters. The van der Waals surface area contributed by atoms with Crippen molar-refractivity contribution in [1.29, 1.82) is 0 Å². The van der Waals surface area contributed by atoms with E-state index < -0.39 is 133 Å². The number of likely N-dealkylation sites (tertiary alicyclic amines) is 1. The third kappa shape index (κ3) is 19.6. The highest BCUT2D eigenvalue weighted by Crippen LogP contribution is 2.21. The molecule has 2 fully saturated rings. The van der Waals surface area contributed by atoms with E-state index in [4.69, 9.17) is 28.7 Å². The van der Waals surface area contributed by atoms with Crippen LogP contribution >= 0.6 is 11.8 Å². The number of carbonyl (C=O) groups excluding carboxylic acids is 11. The second kappa shape index (κ2) is 28.8. The first kappa shape index (κ1) is 57.6. The Morgan fingerprint density at radius 1 is 0.740 bits per heavy atom. The topological polar surface area (TPSA) is 438 Å². The average molecular weight is 1040 g/mol. The predicted octanol–water partition coefficient (Wildman–Crippen LogP) is -4.99. The van der Waals surface area contributed by atoms with Gasteiger partial charge in [-0.05, 0) is 55.4 Å². The van der Waals surface area contributed by atoms with Crippen LogP contribution in [0.1, 0.15) is 62.5 Å². The zero-order valence-electron chi connectivity index (χ0n) is 40.0. The van der Waals surface area contributed by atoms with E-state index in [0.717, 1.165) is 11.8 Å². The van der Waals surface area contributed by atoms with Crippen molar-refractivity contribution in [3.8, 4) is 5.75 Å². The van der Waals surface area contributed by atoms with Crippen LogP contribution in [0, 0.1) is 0 Å². The molecule has 2 aromatic rings. The first-order valence-electron chi connectivity index (χ1n) is 23.4. The van der Waals surface area contributed by atoms with Crippen LogP contribution in [0.3, 0.4) is 0 Å². The molecule has 0 saturated carbocycles. The van der Waals surface area contributed by atoms with Gasteiger partial charge in [0.25, 0.3) is 0 Å². The lowest BCUT2D eigenvalue weighted by Gasteiger charge is -2.30. The Morgan fingerprint density at radius 3 is 1.97 bits per heavy atom. The van der Waals surface area contributed by atoms with Crippen molar-refractivity contribution in [2.45, 2.75) is 107 Å². The first-order valence-corrected chi connectivity index (χ1v) is 24.5. The molecule has 73 heavy (non-hydrogen) atoms. The first-order chi connectivity index (χ1) is 34.7. The van der Waals surface area contributed by atoms with Gasteiger partial charge >= 0.3 is 0 Å². The molecule has 2 saturated heterocycles. The Bertz CT molecular complexity index is 2350. The van der Waals surface area contributed by atoms with E-state index in [1.165, 1.54) is 17.0 Å². The van der Waals surface area contributed by atoms with E-state index in [9.17, 15) is 57.8 Å². The Hall–Kier alpha value is -7.97. The SMILES string of the molecule is NC(=O)CC[C@@H]1NC(=O)[C@H](Cc2ccccc2)NC(=O)[C@H](Cc2ccc(O)cc2)NC(=O)CCSC[C@@H](C(=O)N2CCC[C@H]2C(=O)N[C@H](CCCN=C(N)N)C(=O)NCC(N)=O)NC(=O)[C@H](CC(N)=O)NC1=O. The van der Waals surface area contributed by atoms with Crippen LogP contribution in [-0.2, 0) is 65.6 Å². The molecule has 4 rings (SSSR count). The van der Waals surface area contributed by atoms with Gasteiger partial charge in [0, 0.05) is 50.3 Å². The second-order valence-electron chi connectivity index (χ2n) is 17.3. The summed E-state index contributed by atoms with van der Waals surface area (Å²) in [6, 6.07) is 4.40. The summed E-state index contributed by atoms with van der Waals surface area (Å²) in [5.41, 5.74) is 28.1. The molecule has 18 N–H and O–H groups in total. The molecule has 0 aromatic heterocycles. The monoisotopic (exact) mass is 1040 g/mol. The van der Waals surface area contributed by atoms with Gasteiger partial charge in [-0.2, -0.15) is 11.8 Å². The summed E-state index contributed by atoms with van der Waals surface area (Å²) in [6.45, 7) is -0.423. The van der Waals surface area contributed by atoms with E-state index in [2.05, 4.69) is 42.2 Å². The van der Waals surface area contributed by atoms with E-state index in [0.29, 0.717) is 17.5 Å². The number of aromatic hydroxyl groups is 1. The maximum absolute atomic E-state index is 14.6. The molecule has 2 aliphatic heterocycles. The zero-order valence-corrected chi connectivity index (χ0v) is 40.8. The van der Waals surface area contributed by atoms with E-state index in [1.54, 1.807) is 42.5 Å². The van der Waals surface area contributed by atoms with Crippen LogP contribution in [0.2, 0.25) is 0 Å². The van der Waals surface area contributed by atoms with Crippen molar-refractivity contribution in [3.63, 3.8) is 0 Å². The molecule has 0 aliphatic carbocycles. The number of nitrogens with two attached hydrogens (primary N) is 5. The molecular weight excluding hydrogens is 973 g/mol. The Balaban J connectivity index is 1.69. The third-order valence-electron chi connectivity index (χ3n) is 11.5.